The van der Waals surface area contributed by atoms with Crippen LogP contribution < -0.4 is 0 Å². The Morgan fingerprint density at radius 3 is 2.15 bits per heavy atom. The van der Waals surface area contributed by atoms with Gasteiger partial charge in [0.05, 0.1) is 17.9 Å². The van der Waals surface area contributed by atoms with E-state index in [4.69, 9.17) is 4.74 Å². The van der Waals surface area contributed by atoms with Gasteiger partial charge in [0.15, 0.2) is 0 Å². The zero-order chi connectivity index (χ0) is 19.9. The van der Waals surface area contributed by atoms with E-state index < -0.39 is 10.0 Å². The van der Waals surface area contributed by atoms with Crippen molar-refractivity contribution >= 4 is 21.9 Å². The summed E-state index contributed by atoms with van der Waals surface area (Å²) in [7, 11) is -0.636. The van der Waals surface area contributed by atoms with E-state index in [2.05, 4.69) is 0 Å². The first kappa shape index (κ1) is 22.1. The minimum Gasteiger partial charge on any atom is -0.466 e. The Hall–Kier alpha value is -1.93. The van der Waals surface area contributed by atoms with Crippen molar-refractivity contribution in [2.24, 2.45) is 0 Å². The van der Waals surface area contributed by atoms with Crippen LogP contribution in [0.3, 0.4) is 0 Å². The van der Waals surface area contributed by atoms with Gasteiger partial charge in [-0.3, -0.25) is 9.59 Å². The fourth-order valence-corrected chi connectivity index (χ4v) is 3.24. The number of amides is 1. The molecule has 0 fully saturated rings. The summed E-state index contributed by atoms with van der Waals surface area (Å²) in [6.07, 6.45) is 0.860. The Bertz CT molecular complexity index is 714. The minimum absolute atomic E-state index is 0.0536. The Morgan fingerprint density at radius 2 is 1.69 bits per heavy atom. The smallest absolute Gasteiger partial charge is 0.307 e. The van der Waals surface area contributed by atoms with E-state index in [1.54, 1.807) is 11.8 Å². The molecule has 1 rings (SSSR count). The van der Waals surface area contributed by atoms with Gasteiger partial charge in [-0.1, -0.05) is 6.92 Å². The van der Waals surface area contributed by atoms with Gasteiger partial charge in [-0.15, -0.1) is 0 Å². The van der Waals surface area contributed by atoms with E-state index >= 15 is 0 Å². The van der Waals surface area contributed by atoms with Crippen LogP contribution in [0, 0.1) is 0 Å². The van der Waals surface area contributed by atoms with E-state index in [1.165, 1.54) is 38.4 Å². The van der Waals surface area contributed by atoms with Crippen LogP contribution in [0.1, 0.15) is 44.0 Å². The summed E-state index contributed by atoms with van der Waals surface area (Å²) in [6.45, 7) is 6.16. The third kappa shape index (κ3) is 5.54. The highest BCUT2D eigenvalue weighted by atomic mass is 32.2. The first-order valence-electron chi connectivity index (χ1n) is 8.64. The molecule has 0 aliphatic rings. The molecule has 1 aromatic carbocycles. The maximum Gasteiger partial charge on any atom is 0.307 e. The van der Waals surface area contributed by atoms with Gasteiger partial charge in [-0.25, -0.2) is 12.7 Å². The second kappa shape index (κ2) is 9.68. The number of rotatable bonds is 9. The minimum atomic E-state index is -3.54. The Balaban J connectivity index is 2.99. The number of hydrogen-bond acceptors (Lipinski definition) is 5. The third-order valence-corrected chi connectivity index (χ3v) is 5.96. The van der Waals surface area contributed by atoms with Crippen molar-refractivity contribution in [3.05, 3.63) is 29.8 Å². The van der Waals surface area contributed by atoms with Crippen LogP contribution in [-0.2, 0) is 19.6 Å². The fraction of sp³-hybridized carbons (Fsp3) is 0.556. The third-order valence-electron chi connectivity index (χ3n) is 4.13. The van der Waals surface area contributed by atoms with Crippen molar-refractivity contribution in [2.75, 3.05) is 27.2 Å². The molecular formula is C18H28N2O5S. The molecule has 0 saturated heterocycles. The van der Waals surface area contributed by atoms with Gasteiger partial charge >= 0.3 is 5.97 Å². The van der Waals surface area contributed by atoms with E-state index in [0.717, 1.165) is 10.7 Å². The number of carbonyl (C=O) groups is 2. The van der Waals surface area contributed by atoms with E-state index in [1.807, 2.05) is 13.8 Å². The summed E-state index contributed by atoms with van der Waals surface area (Å²) >= 11 is 0. The lowest BCUT2D eigenvalue weighted by Gasteiger charge is -2.28. The standard InChI is InChI=1S/C18H28N2O5S/c1-6-14(3)20(13-12-17(21)25-7-2)18(22)15-8-10-16(11-9-15)26(23,24)19(4)5/h8-11,14H,6-7,12-13H2,1-5H3. The van der Waals surface area contributed by atoms with Crippen molar-refractivity contribution in [1.82, 2.24) is 9.21 Å². The largest absolute Gasteiger partial charge is 0.466 e. The van der Waals surface area contributed by atoms with Crippen molar-refractivity contribution in [3.63, 3.8) is 0 Å². The van der Waals surface area contributed by atoms with Crippen molar-refractivity contribution in [2.45, 2.75) is 44.6 Å². The number of esters is 1. The molecule has 1 aromatic rings. The second-order valence-electron chi connectivity index (χ2n) is 6.12. The lowest BCUT2D eigenvalue weighted by Crippen LogP contribution is -2.40. The van der Waals surface area contributed by atoms with E-state index in [9.17, 15) is 18.0 Å². The molecule has 146 valence electrons. The predicted octanol–water partition coefficient (Wildman–Crippen LogP) is 2.13. The maximum atomic E-state index is 12.8. The van der Waals surface area contributed by atoms with Crippen molar-refractivity contribution in [3.8, 4) is 0 Å². The number of hydrogen-bond donors (Lipinski definition) is 0. The molecule has 8 heteroatoms. The Kier molecular flexibility index (Phi) is 8.23. The summed E-state index contributed by atoms with van der Waals surface area (Å²) in [5, 5.41) is 0. The number of sulfonamides is 1. The molecule has 7 nitrogen and oxygen atoms in total. The molecule has 0 N–H and O–H groups in total. The van der Waals surface area contributed by atoms with Crippen molar-refractivity contribution in [1.29, 1.82) is 0 Å². The summed E-state index contributed by atoms with van der Waals surface area (Å²) in [5.74, 6) is -0.585. The van der Waals surface area contributed by atoms with E-state index in [-0.39, 0.29) is 35.8 Å². The van der Waals surface area contributed by atoms with Crippen LogP contribution >= 0.6 is 0 Å². The van der Waals surface area contributed by atoms with Crippen LogP contribution in [-0.4, -0.2) is 62.8 Å². The lowest BCUT2D eigenvalue weighted by molar-refractivity contribution is -0.143. The summed E-state index contributed by atoms with van der Waals surface area (Å²) in [5.41, 5.74) is 0.381. The molecule has 26 heavy (non-hydrogen) atoms. The topological polar surface area (TPSA) is 84.0 Å². The summed E-state index contributed by atoms with van der Waals surface area (Å²) < 4.78 is 30.3. The number of nitrogens with zero attached hydrogens (tertiary/aromatic N) is 2. The molecule has 1 atom stereocenters. The SMILES string of the molecule is CCOC(=O)CCN(C(=O)c1ccc(S(=O)(=O)N(C)C)cc1)C(C)CC. The quantitative estimate of drug-likeness (QED) is 0.609. The highest BCUT2D eigenvalue weighted by molar-refractivity contribution is 7.89. The van der Waals surface area contributed by atoms with Gasteiger partial charge in [-0.2, -0.15) is 0 Å². The van der Waals surface area contributed by atoms with Crippen LogP contribution in [0.4, 0.5) is 0 Å². The lowest BCUT2D eigenvalue weighted by atomic mass is 10.1. The molecule has 0 aliphatic carbocycles. The first-order valence-corrected chi connectivity index (χ1v) is 10.1. The van der Waals surface area contributed by atoms with Gasteiger partial charge in [0, 0.05) is 32.2 Å². The zero-order valence-corrected chi connectivity index (χ0v) is 16.9. The number of carbonyl (C=O) groups excluding carboxylic acids is 2. The van der Waals surface area contributed by atoms with Gasteiger partial charge in [-0.05, 0) is 44.5 Å². The van der Waals surface area contributed by atoms with Gasteiger partial charge in [0.1, 0.15) is 0 Å². The number of ether oxygens (including phenoxy) is 1. The molecule has 0 bridgehead atoms. The van der Waals surface area contributed by atoms with Gasteiger partial charge < -0.3 is 9.64 Å². The van der Waals surface area contributed by atoms with E-state index in [0.29, 0.717) is 12.2 Å². The summed E-state index contributed by atoms with van der Waals surface area (Å²) in [6, 6.07) is 5.78. The highest BCUT2D eigenvalue weighted by Gasteiger charge is 2.23. The molecule has 0 aliphatic heterocycles. The molecule has 0 aromatic heterocycles. The summed E-state index contributed by atoms with van der Waals surface area (Å²) in [4.78, 5) is 26.2. The normalized spacial score (nSPS) is 12.7. The van der Waals surface area contributed by atoms with Crippen LogP contribution in [0.25, 0.3) is 0 Å². The fourth-order valence-electron chi connectivity index (χ4n) is 2.33. The van der Waals surface area contributed by atoms with Gasteiger partial charge in [0.2, 0.25) is 10.0 Å². The number of benzene rings is 1. The van der Waals surface area contributed by atoms with Crippen LogP contribution in [0.2, 0.25) is 0 Å². The maximum absolute atomic E-state index is 12.8. The van der Waals surface area contributed by atoms with Crippen LogP contribution in [0.15, 0.2) is 29.2 Å². The molecular weight excluding hydrogens is 356 g/mol. The first-order chi connectivity index (χ1) is 12.1. The molecule has 1 unspecified atom stereocenters. The highest BCUT2D eigenvalue weighted by Crippen LogP contribution is 2.17. The molecule has 1 amide bonds. The molecule has 0 radical (unpaired) electrons. The second-order valence-corrected chi connectivity index (χ2v) is 8.27. The monoisotopic (exact) mass is 384 g/mol. The van der Waals surface area contributed by atoms with Crippen molar-refractivity contribution < 1.29 is 22.7 Å². The average Bonchev–Trinajstić information content (AvgIpc) is 2.61. The van der Waals surface area contributed by atoms with Gasteiger partial charge in [0.25, 0.3) is 5.91 Å². The Labute approximate surface area is 156 Å². The average molecular weight is 384 g/mol. The van der Waals surface area contributed by atoms with Crippen LogP contribution in [0.5, 0.6) is 0 Å². The molecule has 0 heterocycles. The Morgan fingerprint density at radius 1 is 1.12 bits per heavy atom. The zero-order valence-electron chi connectivity index (χ0n) is 16.1. The molecule has 0 saturated carbocycles. The predicted molar refractivity (Wildman–Crippen MR) is 99.4 cm³/mol. The molecule has 0 spiro atoms.